The van der Waals surface area contributed by atoms with Gasteiger partial charge in [-0.1, -0.05) is 24.3 Å². The summed E-state index contributed by atoms with van der Waals surface area (Å²) in [7, 11) is 0. The Bertz CT molecular complexity index is 670. The van der Waals surface area contributed by atoms with Crippen LogP contribution in [0, 0.1) is 0 Å². The fourth-order valence-electron chi connectivity index (χ4n) is 2.48. The Kier molecular flexibility index (Phi) is 7.42. The van der Waals surface area contributed by atoms with Gasteiger partial charge < -0.3 is 20.3 Å². The molecular formula is C17H31N7O3. The third-order valence-electron chi connectivity index (χ3n) is 4.37. The van der Waals surface area contributed by atoms with Crippen molar-refractivity contribution in [2.24, 2.45) is 5.73 Å². The van der Waals surface area contributed by atoms with E-state index in [1.807, 2.05) is 33.9 Å². The van der Waals surface area contributed by atoms with Gasteiger partial charge in [0.25, 0.3) is 0 Å². The average Bonchev–Trinajstić information content (AvgIpc) is 3.27. The molecule has 1 atom stereocenters. The van der Waals surface area contributed by atoms with Crippen molar-refractivity contribution in [1.29, 1.82) is 0 Å². The Labute approximate surface area is 159 Å². The maximum absolute atomic E-state index is 9.13. The van der Waals surface area contributed by atoms with Gasteiger partial charge in [0.05, 0.1) is 49.9 Å². The highest BCUT2D eigenvalue weighted by Gasteiger charge is 2.24. The second-order valence-corrected chi connectivity index (χ2v) is 7.97. The van der Waals surface area contributed by atoms with E-state index in [1.54, 1.807) is 10.9 Å². The molecule has 0 aliphatic heterocycles. The number of H-pyrrole nitrogens is 1. The van der Waals surface area contributed by atoms with Crippen molar-refractivity contribution in [3.8, 4) is 0 Å². The number of rotatable bonds is 12. The fraction of sp³-hybridized carbons (Fsp3) is 0.765. The summed E-state index contributed by atoms with van der Waals surface area (Å²) in [5, 5.41) is 27.8. The van der Waals surface area contributed by atoms with E-state index in [0.29, 0.717) is 32.8 Å². The van der Waals surface area contributed by atoms with Crippen LogP contribution >= 0.6 is 0 Å². The molecule has 2 aromatic rings. The number of nitrogens with zero attached hydrogens (tertiary/aromatic N) is 5. The van der Waals surface area contributed by atoms with Crippen LogP contribution in [0.25, 0.3) is 0 Å². The molecule has 10 heteroatoms. The summed E-state index contributed by atoms with van der Waals surface area (Å²) in [6.45, 7) is 9.72. The molecule has 152 valence electrons. The van der Waals surface area contributed by atoms with E-state index in [9.17, 15) is 0 Å². The van der Waals surface area contributed by atoms with Gasteiger partial charge in [0, 0.05) is 18.2 Å². The van der Waals surface area contributed by atoms with Crippen molar-refractivity contribution in [3.05, 3.63) is 23.8 Å². The van der Waals surface area contributed by atoms with Crippen molar-refractivity contribution in [2.75, 3.05) is 26.4 Å². The summed E-state index contributed by atoms with van der Waals surface area (Å²) in [5.41, 5.74) is 7.08. The van der Waals surface area contributed by atoms with Crippen molar-refractivity contribution < 1.29 is 14.6 Å². The highest BCUT2D eigenvalue weighted by Crippen LogP contribution is 2.20. The molecule has 27 heavy (non-hydrogen) atoms. The maximum Gasteiger partial charge on any atom is 0.108 e. The third-order valence-corrected chi connectivity index (χ3v) is 4.37. The van der Waals surface area contributed by atoms with Crippen LogP contribution in [0.3, 0.4) is 0 Å². The van der Waals surface area contributed by atoms with Crippen LogP contribution in [0.2, 0.25) is 0 Å². The molecule has 0 radical (unpaired) electrons. The normalized spacial score (nSPS) is 13.9. The van der Waals surface area contributed by atoms with E-state index >= 15 is 0 Å². The van der Waals surface area contributed by atoms with Gasteiger partial charge in [-0.3, -0.25) is 5.10 Å². The molecule has 0 spiro atoms. The molecule has 0 aliphatic rings. The van der Waals surface area contributed by atoms with Crippen LogP contribution in [-0.4, -0.2) is 68.0 Å². The van der Waals surface area contributed by atoms with E-state index in [4.69, 9.17) is 20.3 Å². The maximum atomic E-state index is 9.13. The highest BCUT2D eigenvalue weighted by atomic mass is 16.5. The van der Waals surface area contributed by atoms with E-state index < -0.39 is 0 Å². The number of hydrogen-bond acceptors (Lipinski definition) is 8. The summed E-state index contributed by atoms with van der Waals surface area (Å²) in [4.78, 5) is 0. The number of nitrogens with two attached hydrogens (primary N) is 1. The minimum atomic E-state index is -0.291. The van der Waals surface area contributed by atoms with Gasteiger partial charge in [-0.05, 0) is 20.3 Å². The standard InChI is InChI=1S/C17H31N7O3/c1-16(2,15-7-19-22-21-15)12-27-10-13(18)9-26-11-14-8-24(23-20-14)17(3,4)5-6-25/h7-8,13,25H,5-6,9-12,18H2,1-4H3,(H,19,21,22). The predicted octanol–water partition coefficient (Wildman–Crippen LogP) is 0.352. The van der Waals surface area contributed by atoms with Gasteiger partial charge in [0.2, 0.25) is 0 Å². The summed E-state index contributed by atoms with van der Waals surface area (Å²) in [5.74, 6) is 0. The lowest BCUT2D eigenvalue weighted by atomic mass is 9.91. The first kappa shape index (κ1) is 21.4. The van der Waals surface area contributed by atoms with Crippen LogP contribution in [0.5, 0.6) is 0 Å². The Morgan fingerprint density at radius 3 is 2.63 bits per heavy atom. The van der Waals surface area contributed by atoms with Gasteiger partial charge in [-0.25, -0.2) is 4.68 Å². The Hall–Kier alpha value is -1.88. The van der Waals surface area contributed by atoms with E-state index in [2.05, 4.69) is 25.7 Å². The molecule has 10 nitrogen and oxygen atoms in total. The Morgan fingerprint density at radius 2 is 1.96 bits per heavy atom. The van der Waals surface area contributed by atoms with Gasteiger partial charge in [0.1, 0.15) is 5.69 Å². The van der Waals surface area contributed by atoms with Crippen molar-refractivity contribution >= 4 is 0 Å². The topological polar surface area (TPSA) is 137 Å². The quantitative estimate of drug-likeness (QED) is 0.479. The van der Waals surface area contributed by atoms with Crippen molar-refractivity contribution in [2.45, 2.75) is 57.7 Å². The highest BCUT2D eigenvalue weighted by molar-refractivity contribution is 5.07. The average molecular weight is 381 g/mol. The minimum Gasteiger partial charge on any atom is -0.396 e. The summed E-state index contributed by atoms with van der Waals surface area (Å²) in [6, 6.07) is -0.237. The van der Waals surface area contributed by atoms with Crippen LogP contribution in [0.15, 0.2) is 12.4 Å². The Balaban J connectivity index is 1.68. The second kappa shape index (κ2) is 9.36. The monoisotopic (exact) mass is 381 g/mol. The summed E-state index contributed by atoms with van der Waals surface area (Å²) < 4.78 is 13.1. The van der Waals surface area contributed by atoms with Crippen LogP contribution in [0.4, 0.5) is 0 Å². The molecule has 4 N–H and O–H groups in total. The largest absolute Gasteiger partial charge is 0.396 e. The molecule has 0 saturated heterocycles. The molecule has 0 fully saturated rings. The predicted molar refractivity (Wildman–Crippen MR) is 98.9 cm³/mol. The zero-order chi connectivity index (χ0) is 19.9. The van der Waals surface area contributed by atoms with E-state index in [-0.39, 0.29) is 23.6 Å². The van der Waals surface area contributed by atoms with Gasteiger partial charge in [-0.2, -0.15) is 0 Å². The first-order valence-corrected chi connectivity index (χ1v) is 9.05. The van der Waals surface area contributed by atoms with Gasteiger partial charge >= 0.3 is 0 Å². The molecule has 2 rings (SSSR count). The number of aliphatic hydroxyl groups excluding tert-OH is 1. The van der Waals surface area contributed by atoms with Gasteiger partial charge in [0.15, 0.2) is 0 Å². The zero-order valence-corrected chi connectivity index (χ0v) is 16.6. The van der Waals surface area contributed by atoms with E-state index in [1.165, 1.54) is 0 Å². The molecular weight excluding hydrogens is 350 g/mol. The number of nitrogens with one attached hydrogen (secondary N) is 1. The number of aromatic nitrogens is 6. The lowest BCUT2D eigenvalue weighted by molar-refractivity contribution is 0.0438. The van der Waals surface area contributed by atoms with Gasteiger partial charge in [-0.15, -0.1) is 10.2 Å². The first-order chi connectivity index (χ1) is 12.7. The first-order valence-electron chi connectivity index (χ1n) is 9.05. The van der Waals surface area contributed by atoms with E-state index in [0.717, 1.165) is 11.4 Å². The molecule has 0 aliphatic carbocycles. The van der Waals surface area contributed by atoms with Crippen LogP contribution in [-0.2, 0) is 27.0 Å². The number of hydrogen-bond donors (Lipinski definition) is 3. The Morgan fingerprint density at radius 1 is 1.22 bits per heavy atom. The minimum absolute atomic E-state index is 0.0982. The fourth-order valence-corrected chi connectivity index (χ4v) is 2.48. The SMILES string of the molecule is CC(C)(COCC(N)COCc1cn(C(C)(C)CCO)nn1)c1c[nH]nn1. The molecule has 2 aromatic heterocycles. The molecule has 0 amide bonds. The zero-order valence-electron chi connectivity index (χ0n) is 16.6. The number of aromatic amines is 1. The number of ether oxygens (including phenoxy) is 2. The smallest absolute Gasteiger partial charge is 0.108 e. The summed E-state index contributed by atoms with van der Waals surface area (Å²) >= 11 is 0. The van der Waals surface area contributed by atoms with Crippen LogP contribution in [0.1, 0.15) is 45.5 Å². The second-order valence-electron chi connectivity index (χ2n) is 7.97. The van der Waals surface area contributed by atoms with Crippen LogP contribution < -0.4 is 5.73 Å². The summed E-state index contributed by atoms with van der Waals surface area (Å²) in [6.07, 6.45) is 4.20. The lowest BCUT2D eigenvalue weighted by Crippen LogP contribution is -2.34. The van der Waals surface area contributed by atoms with Crippen molar-refractivity contribution in [3.63, 3.8) is 0 Å². The molecule has 0 saturated carbocycles. The number of aliphatic hydroxyl groups is 1. The molecule has 0 aromatic carbocycles. The third kappa shape index (κ3) is 6.35. The molecule has 1 unspecified atom stereocenters. The van der Waals surface area contributed by atoms with Crippen molar-refractivity contribution in [1.82, 2.24) is 30.4 Å². The molecule has 0 bridgehead atoms. The lowest BCUT2D eigenvalue weighted by Gasteiger charge is -2.23. The molecule has 2 heterocycles.